The summed E-state index contributed by atoms with van der Waals surface area (Å²) >= 11 is -4.16. The number of aliphatic hydroxyl groups is 1. The molecule has 5 nitrogen and oxygen atoms in total. The third-order valence-corrected chi connectivity index (χ3v) is 18.6. The minimum atomic E-state index is -4.16. The van der Waals surface area contributed by atoms with Crippen LogP contribution in [0.1, 0.15) is 142 Å². The van der Waals surface area contributed by atoms with E-state index in [9.17, 15) is 14.7 Å². The molecular weight excluding hydrogens is 619 g/mol. The van der Waals surface area contributed by atoms with Crippen molar-refractivity contribution in [3.8, 4) is 0 Å². The summed E-state index contributed by atoms with van der Waals surface area (Å²) in [5, 5.41) is 12.2. The van der Waals surface area contributed by atoms with E-state index in [0.717, 1.165) is 69.8 Å². The van der Waals surface area contributed by atoms with Crippen LogP contribution in [0.2, 0.25) is 8.87 Å². The Labute approximate surface area is 256 Å². The second-order valence-corrected chi connectivity index (χ2v) is 21.8. The van der Waals surface area contributed by atoms with Crippen molar-refractivity contribution in [2.45, 2.75) is 158 Å². The van der Waals surface area contributed by atoms with Crippen LogP contribution in [0.3, 0.4) is 0 Å². The molecular formula is C35H60O5Sn. The van der Waals surface area contributed by atoms with Gasteiger partial charge >= 0.3 is 257 Å². The number of hydrogen-bond acceptors (Lipinski definition) is 5. The van der Waals surface area contributed by atoms with Crippen LogP contribution in [-0.2, 0) is 22.2 Å². The third kappa shape index (κ3) is 12.2. The predicted molar refractivity (Wildman–Crippen MR) is 171 cm³/mol. The van der Waals surface area contributed by atoms with Gasteiger partial charge in [0.15, 0.2) is 0 Å². The Morgan fingerprint density at radius 1 is 0.756 bits per heavy atom. The Balaban J connectivity index is 2.34. The zero-order chi connectivity index (χ0) is 30.0. The molecule has 1 saturated heterocycles. The van der Waals surface area contributed by atoms with Gasteiger partial charge in [0.05, 0.1) is 0 Å². The molecule has 2 rings (SSSR count). The maximum absolute atomic E-state index is 14.1. The van der Waals surface area contributed by atoms with Crippen LogP contribution in [0.25, 0.3) is 0 Å². The Kier molecular flexibility index (Phi) is 17.6. The van der Waals surface area contributed by atoms with Gasteiger partial charge < -0.3 is 0 Å². The second kappa shape index (κ2) is 20.0. The molecule has 0 aromatic heterocycles. The van der Waals surface area contributed by atoms with E-state index in [-0.39, 0.29) is 18.3 Å². The van der Waals surface area contributed by atoms with Crippen molar-refractivity contribution in [2.75, 3.05) is 0 Å². The molecule has 0 amide bonds. The van der Waals surface area contributed by atoms with Gasteiger partial charge in [-0.05, 0) is 0 Å². The molecule has 0 bridgehead atoms. The van der Waals surface area contributed by atoms with E-state index >= 15 is 0 Å². The summed E-state index contributed by atoms with van der Waals surface area (Å²) in [6.07, 6.45) is 18.2. The van der Waals surface area contributed by atoms with Gasteiger partial charge in [-0.1, -0.05) is 0 Å². The fourth-order valence-corrected chi connectivity index (χ4v) is 15.7. The molecule has 41 heavy (non-hydrogen) atoms. The van der Waals surface area contributed by atoms with Crippen LogP contribution in [0.5, 0.6) is 0 Å². The van der Waals surface area contributed by atoms with E-state index in [0.29, 0.717) is 15.3 Å². The van der Waals surface area contributed by atoms with Gasteiger partial charge in [-0.15, -0.1) is 0 Å². The first-order chi connectivity index (χ1) is 19.8. The third-order valence-electron chi connectivity index (χ3n) is 9.03. The molecule has 1 aliphatic rings. The molecule has 0 spiro atoms. The monoisotopic (exact) mass is 680 g/mol. The molecule has 0 saturated carbocycles. The summed E-state index contributed by atoms with van der Waals surface area (Å²) in [6.45, 7) is 8.74. The van der Waals surface area contributed by atoms with Crippen LogP contribution in [-0.4, -0.2) is 41.9 Å². The number of carbonyl (C=O) groups excluding carboxylic acids is 2. The van der Waals surface area contributed by atoms with E-state index in [1.807, 2.05) is 30.3 Å². The Morgan fingerprint density at radius 2 is 1.29 bits per heavy atom. The molecule has 1 fully saturated rings. The van der Waals surface area contributed by atoms with Gasteiger partial charge in [0, 0.05) is 0 Å². The van der Waals surface area contributed by atoms with Crippen molar-refractivity contribution in [2.24, 2.45) is 11.8 Å². The zero-order valence-corrected chi connectivity index (χ0v) is 29.6. The van der Waals surface area contributed by atoms with E-state index in [1.165, 1.54) is 38.5 Å². The van der Waals surface area contributed by atoms with Crippen LogP contribution in [0, 0.1) is 11.8 Å². The van der Waals surface area contributed by atoms with Crippen molar-refractivity contribution in [1.82, 2.24) is 0 Å². The van der Waals surface area contributed by atoms with Gasteiger partial charge in [-0.3, -0.25) is 0 Å². The number of rotatable bonds is 22. The van der Waals surface area contributed by atoms with Gasteiger partial charge in [-0.2, -0.15) is 0 Å². The fourth-order valence-electron chi connectivity index (χ4n) is 6.26. The molecule has 1 N–H and O–H groups in total. The molecule has 6 heteroatoms. The number of benzene rings is 1. The van der Waals surface area contributed by atoms with Crippen LogP contribution in [0.15, 0.2) is 30.3 Å². The van der Waals surface area contributed by atoms with E-state index in [2.05, 4.69) is 27.7 Å². The molecule has 1 aromatic rings. The van der Waals surface area contributed by atoms with E-state index in [1.54, 1.807) is 0 Å². The Morgan fingerprint density at radius 3 is 1.83 bits per heavy atom. The molecule has 3 unspecified atom stereocenters. The van der Waals surface area contributed by atoms with Crippen LogP contribution in [0.4, 0.5) is 0 Å². The van der Waals surface area contributed by atoms with E-state index in [4.69, 9.17) is 6.15 Å². The average Bonchev–Trinajstić information content (AvgIpc) is 3.03. The van der Waals surface area contributed by atoms with E-state index < -0.39 is 36.7 Å². The van der Waals surface area contributed by atoms with Crippen molar-refractivity contribution in [3.05, 3.63) is 35.9 Å². The molecule has 0 aliphatic carbocycles. The van der Waals surface area contributed by atoms with Gasteiger partial charge in [0.1, 0.15) is 0 Å². The summed E-state index contributed by atoms with van der Waals surface area (Å²) in [6, 6.07) is 9.56. The van der Waals surface area contributed by atoms with Crippen LogP contribution < -0.4 is 0 Å². The van der Waals surface area contributed by atoms with Crippen molar-refractivity contribution in [1.29, 1.82) is 0 Å². The maximum atomic E-state index is 14.1. The first kappa shape index (κ1) is 36.1. The SMILES string of the molecule is CCCCCCC[CH2][Sn]1([CH2]CCCCCCC)[O]C(=O)C(CC(CC)CCCC)C(O)(Cc2ccccc2)C(=O)[O]1. The summed E-state index contributed by atoms with van der Waals surface area (Å²) in [5.74, 6) is -1.63. The number of unbranched alkanes of at least 4 members (excludes halogenated alkanes) is 11. The standard InChI is InChI=1S/C19H28O5.2C8H17.Sn/c1-3-5-9-14(4-2)12-16(17(20)21)19(24,18(22)23)13-15-10-7-6-8-11-15;2*1-3-5-7-8-6-4-2;/h6-8,10-11,14,16,24H,3-5,9,12-13H2,1-2H3,(H,20,21)(H,22,23);2*1,3-8H2,2H3;/q;;;+2/p-2. The number of carbonyl (C=O) groups is 2. The van der Waals surface area contributed by atoms with Crippen molar-refractivity contribution >= 4 is 31.1 Å². The van der Waals surface area contributed by atoms with Crippen LogP contribution >= 0.6 is 0 Å². The van der Waals surface area contributed by atoms with Crippen molar-refractivity contribution in [3.63, 3.8) is 0 Å². The Hall–Kier alpha value is -1.08. The second-order valence-electron chi connectivity index (χ2n) is 12.5. The minimum absolute atomic E-state index is 0.0760. The van der Waals surface area contributed by atoms with Gasteiger partial charge in [0.2, 0.25) is 0 Å². The summed E-state index contributed by atoms with van der Waals surface area (Å²) in [4.78, 5) is 28.2. The van der Waals surface area contributed by atoms with Gasteiger partial charge in [0.25, 0.3) is 0 Å². The van der Waals surface area contributed by atoms with Gasteiger partial charge in [-0.25, -0.2) is 0 Å². The summed E-state index contributed by atoms with van der Waals surface area (Å²) in [5.41, 5.74) is -1.07. The molecule has 1 aromatic carbocycles. The topological polar surface area (TPSA) is 72.8 Å². The first-order valence-corrected chi connectivity index (χ1v) is 23.4. The molecule has 1 heterocycles. The summed E-state index contributed by atoms with van der Waals surface area (Å²) in [7, 11) is 0. The van der Waals surface area contributed by atoms with Crippen molar-refractivity contribution < 1.29 is 20.8 Å². The molecule has 3 atom stereocenters. The zero-order valence-electron chi connectivity index (χ0n) is 26.8. The average molecular weight is 680 g/mol. The Bertz CT molecular complexity index is 843. The molecule has 234 valence electrons. The molecule has 0 radical (unpaired) electrons. The fraction of sp³-hybridized carbons (Fsp3) is 0.771. The summed E-state index contributed by atoms with van der Waals surface area (Å²) < 4.78 is 14.3. The number of hydrogen-bond donors (Lipinski definition) is 1. The predicted octanol–water partition coefficient (Wildman–Crippen LogP) is 9.45. The quantitative estimate of drug-likeness (QED) is 0.0977. The normalized spacial score (nSPS) is 21.2. The molecule has 1 aliphatic heterocycles. The first-order valence-electron chi connectivity index (χ1n) is 17.1.